The van der Waals surface area contributed by atoms with Crippen molar-refractivity contribution in [1.29, 1.82) is 0 Å². The molecule has 1 aromatic heterocycles. The predicted molar refractivity (Wildman–Crippen MR) is 53.1 cm³/mol. The SMILES string of the molecule is Cc1ccc2[nH]cc(Cl)c2c1Cl. The number of hydrogen-bond donors (Lipinski definition) is 1. The molecule has 2 aromatic rings. The minimum Gasteiger partial charge on any atom is -0.360 e. The topological polar surface area (TPSA) is 15.8 Å². The van der Waals surface area contributed by atoms with Crippen LogP contribution in [0, 0.1) is 6.92 Å². The van der Waals surface area contributed by atoms with Crippen LogP contribution in [0.2, 0.25) is 10.0 Å². The van der Waals surface area contributed by atoms with Crippen molar-refractivity contribution in [3.63, 3.8) is 0 Å². The van der Waals surface area contributed by atoms with Gasteiger partial charge in [0.2, 0.25) is 0 Å². The van der Waals surface area contributed by atoms with Crippen molar-refractivity contribution >= 4 is 34.1 Å². The molecule has 1 nitrogen and oxygen atoms in total. The fourth-order valence-electron chi connectivity index (χ4n) is 1.25. The Kier molecular flexibility index (Phi) is 1.78. The van der Waals surface area contributed by atoms with Crippen molar-refractivity contribution in [2.24, 2.45) is 0 Å². The number of fused-ring (bicyclic) bond motifs is 1. The van der Waals surface area contributed by atoms with E-state index in [0.29, 0.717) is 5.02 Å². The number of aromatic nitrogens is 1. The molecular formula is C9H7Cl2N. The Morgan fingerprint density at radius 2 is 2.00 bits per heavy atom. The van der Waals surface area contributed by atoms with Gasteiger partial charge in [-0.3, -0.25) is 0 Å². The van der Waals surface area contributed by atoms with Gasteiger partial charge < -0.3 is 4.98 Å². The Bertz CT molecular complexity index is 431. The van der Waals surface area contributed by atoms with Crippen molar-refractivity contribution in [3.05, 3.63) is 33.9 Å². The molecule has 0 radical (unpaired) electrons. The molecule has 0 spiro atoms. The van der Waals surface area contributed by atoms with E-state index < -0.39 is 0 Å². The summed E-state index contributed by atoms with van der Waals surface area (Å²) >= 11 is 12.0. The Balaban J connectivity index is 2.96. The number of halogens is 2. The van der Waals surface area contributed by atoms with E-state index in [4.69, 9.17) is 23.2 Å². The first-order valence-corrected chi connectivity index (χ1v) is 4.37. The highest BCUT2D eigenvalue weighted by Crippen LogP contribution is 2.32. The minimum absolute atomic E-state index is 0.679. The van der Waals surface area contributed by atoms with Crippen LogP contribution in [0.4, 0.5) is 0 Å². The third kappa shape index (κ3) is 1.01. The first kappa shape index (κ1) is 7.96. The van der Waals surface area contributed by atoms with Crippen LogP contribution in [-0.4, -0.2) is 4.98 Å². The van der Waals surface area contributed by atoms with Gasteiger partial charge in [0.25, 0.3) is 0 Å². The molecule has 0 aliphatic carbocycles. The number of nitrogens with one attached hydrogen (secondary N) is 1. The van der Waals surface area contributed by atoms with E-state index in [-0.39, 0.29) is 0 Å². The average molecular weight is 200 g/mol. The number of H-pyrrole nitrogens is 1. The Hall–Kier alpha value is -0.660. The van der Waals surface area contributed by atoms with Gasteiger partial charge in [-0.25, -0.2) is 0 Å². The molecule has 0 bridgehead atoms. The van der Waals surface area contributed by atoms with E-state index >= 15 is 0 Å². The van der Waals surface area contributed by atoms with Crippen LogP contribution in [-0.2, 0) is 0 Å². The zero-order chi connectivity index (χ0) is 8.72. The summed E-state index contributed by atoms with van der Waals surface area (Å²) in [6, 6.07) is 3.94. The highest BCUT2D eigenvalue weighted by molar-refractivity contribution is 6.42. The van der Waals surface area contributed by atoms with Crippen molar-refractivity contribution in [1.82, 2.24) is 4.98 Å². The number of rotatable bonds is 0. The number of aryl methyl sites for hydroxylation is 1. The fraction of sp³-hybridized carbons (Fsp3) is 0.111. The molecule has 0 atom stereocenters. The number of aromatic amines is 1. The van der Waals surface area contributed by atoms with E-state index in [1.54, 1.807) is 6.20 Å². The highest BCUT2D eigenvalue weighted by atomic mass is 35.5. The summed E-state index contributed by atoms with van der Waals surface area (Å²) in [6.45, 7) is 1.96. The zero-order valence-electron chi connectivity index (χ0n) is 6.49. The van der Waals surface area contributed by atoms with Gasteiger partial charge in [0.05, 0.1) is 10.0 Å². The van der Waals surface area contributed by atoms with Crippen molar-refractivity contribution in [3.8, 4) is 0 Å². The molecule has 1 aromatic carbocycles. The summed E-state index contributed by atoms with van der Waals surface area (Å²) < 4.78 is 0. The molecule has 2 rings (SSSR count). The predicted octanol–water partition coefficient (Wildman–Crippen LogP) is 3.78. The van der Waals surface area contributed by atoms with Crippen LogP contribution >= 0.6 is 23.2 Å². The second kappa shape index (κ2) is 2.68. The first-order chi connectivity index (χ1) is 5.70. The van der Waals surface area contributed by atoms with E-state index in [2.05, 4.69) is 4.98 Å². The Morgan fingerprint density at radius 1 is 1.25 bits per heavy atom. The molecule has 0 saturated heterocycles. The van der Waals surface area contributed by atoms with Crippen LogP contribution < -0.4 is 0 Å². The van der Waals surface area contributed by atoms with Crippen molar-refractivity contribution in [2.75, 3.05) is 0 Å². The number of benzene rings is 1. The van der Waals surface area contributed by atoms with Gasteiger partial charge in [-0.2, -0.15) is 0 Å². The van der Waals surface area contributed by atoms with Gasteiger partial charge in [-0.05, 0) is 18.6 Å². The van der Waals surface area contributed by atoms with E-state index in [0.717, 1.165) is 21.5 Å². The molecule has 0 amide bonds. The molecule has 12 heavy (non-hydrogen) atoms. The second-order valence-corrected chi connectivity index (χ2v) is 3.54. The standard InChI is InChI=1S/C9H7Cl2N/c1-5-2-3-7-8(9(5)11)6(10)4-12-7/h2-4,12H,1H3. The smallest absolute Gasteiger partial charge is 0.0674 e. The van der Waals surface area contributed by atoms with Gasteiger partial charge in [-0.15, -0.1) is 0 Å². The molecule has 0 aliphatic rings. The van der Waals surface area contributed by atoms with Gasteiger partial charge in [0, 0.05) is 17.1 Å². The molecule has 62 valence electrons. The monoisotopic (exact) mass is 199 g/mol. The molecule has 0 saturated carbocycles. The minimum atomic E-state index is 0.679. The lowest BCUT2D eigenvalue weighted by atomic mass is 10.2. The largest absolute Gasteiger partial charge is 0.360 e. The van der Waals surface area contributed by atoms with Crippen LogP contribution in [0.1, 0.15) is 5.56 Å². The third-order valence-electron chi connectivity index (χ3n) is 1.93. The van der Waals surface area contributed by atoms with Crippen LogP contribution in [0.3, 0.4) is 0 Å². The molecule has 0 unspecified atom stereocenters. The molecule has 0 aliphatic heterocycles. The lowest BCUT2D eigenvalue weighted by Crippen LogP contribution is -1.75. The second-order valence-electron chi connectivity index (χ2n) is 2.76. The highest BCUT2D eigenvalue weighted by Gasteiger charge is 2.06. The lowest BCUT2D eigenvalue weighted by Gasteiger charge is -1.98. The van der Waals surface area contributed by atoms with E-state index in [9.17, 15) is 0 Å². The van der Waals surface area contributed by atoms with Crippen LogP contribution in [0.15, 0.2) is 18.3 Å². The summed E-state index contributed by atoms with van der Waals surface area (Å²) in [6.07, 6.45) is 1.75. The first-order valence-electron chi connectivity index (χ1n) is 3.62. The summed E-state index contributed by atoms with van der Waals surface area (Å²) in [4.78, 5) is 3.04. The van der Waals surface area contributed by atoms with E-state index in [1.165, 1.54) is 0 Å². The average Bonchev–Trinajstić information content (AvgIpc) is 2.41. The molecular weight excluding hydrogens is 193 g/mol. The normalized spacial score (nSPS) is 10.9. The van der Waals surface area contributed by atoms with Gasteiger partial charge in [-0.1, -0.05) is 29.3 Å². The number of hydrogen-bond acceptors (Lipinski definition) is 0. The Labute approximate surface area is 80.3 Å². The maximum Gasteiger partial charge on any atom is 0.0674 e. The van der Waals surface area contributed by atoms with E-state index in [1.807, 2.05) is 19.1 Å². The van der Waals surface area contributed by atoms with Gasteiger partial charge in [0.1, 0.15) is 0 Å². The third-order valence-corrected chi connectivity index (χ3v) is 2.71. The van der Waals surface area contributed by atoms with Crippen LogP contribution in [0.25, 0.3) is 10.9 Å². The summed E-state index contributed by atoms with van der Waals surface area (Å²) in [5, 5.41) is 2.33. The molecule has 1 heterocycles. The van der Waals surface area contributed by atoms with Crippen molar-refractivity contribution < 1.29 is 0 Å². The zero-order valence-corrected chi connectivity index (χ0v) is 8.00. The molecule has 0 fully saturated rings. The summed E-state index contributed by atoms with van der Waals surface area (Å²) in [5.74, 6) is 0. The maximum absolute atomic E-state index is 6.07. The van der Waals surface area contributed by atoms with Crippen LogP contribution in [0.5, 0.6) is 0 Å². The maximum atomic E-state index is 6.07. The summed E-state index contributed by atoms with van der Waals surface area (Å²) in [7, 11) is 0. The molecule has 3 heteroatoms. The van der Waals surface area contributed by atoms with Gasteiger partial charge in [0.15, 0.2) is 0 Å². The summed E-state index contributed by atoms with van der Waals surface area (Å²) in [5.41, 5.74) is 2.03. The fourth-order valence-corrected chi connectivity index (χ4v) is 1.81. The Morgan fingerprint density at radius 3 is 2.75 bits per heavy atom. The quantitative estimate of drug-likeness (QED) is 0.665. The van der Waals surface area contributed by atoms with Crippen molar-refractivity contribution in [2.45, 2.75) is 6.92 Å². The molecule has 1 N–H and O–H groups in total. The van der Waals surface area contributed by atoms with Gasteiger partial charge >= 0.3 is 0 Å². The lowest BCUT2D eigenvalue weighted by molar-refractivity contribution is 1.46.